The summed E-state index contributed by atoms with van der Waals surface area (Å²) < 4.78 is 10.6. The van der Waals surface area contributed by atoms with Gasteiger partial charge in [0.25, 0.3) is 11.7 Å². The van der Waals surface area contributed by atoms with Gasteiger partial charge in [-0.25, -0.2) is 0 Å². The van der Waals surface area contributed by atoms with Crippen LogP contribution in [0.1, 0.15) is 22.7 Å². The lowest BCUT2D eigenvalue weighted by atomic mass is 9.95. The molecule has 1 amide bonds. The number of amides is 1. The second kappa shape index (κ2) is 9.34. The molecule has 1 atom stereocenters. The van der Waals surface area contributed by atoms with Crippen LogP contribution in [-0.2, 0) is 16.1 Å². The van der Waals surface area contributed by atoms with Crippen LogP contribution >= 0.6 is 11.6 Å². The van der Waals surface area contributed by atoms with Crippen molar-refractivity contribution in [1.29, 1.82) is 0 Å². The zero-order chi connectivity index (χ0) is 23.5. The molecule has 1 aliphatic heterocycles. The van der Waals surface area contributed by atoms with Gasteiger partial charge in [0.15, 0.2) is 11.5 Å². The number of carbonyl (C=O) groups is 2. The number of halogens is 1. The van der Waals surface area contributed by atoms with Crippen molar-refractivity contribution in [3.63, 3.8) is 0 Å². The van der Waals surface area contributed by atoms with Gasteiger partial charge in [-0.2, -0.15) is 0 Å². The second-order valence-electron chi connectivity index (χ2n) is 7.40. The number of likely N-dealkylation sites (tertiary alicyclic amines) is 1. The summed E-state index contributed by atoms with van der Waals surface area (Å²) in [7, 11) is 2.98. The van der Waals surface area contributed by atoms with Crippen molar-refractivity contribution in [2.75, 3.05) is 14.2 Å². The molecule has 1 N–H and O–H groups in total. The van der Waals surface area contributed by atoms with Gasteiger partial charge >= 0.3 is 0 Å². The topological polar surface area (TPSA) is 89.0 Å². The lowest BCUT2D eigenvalue weighted by Crippen LogP contribution is -2.29. The summed E-state index contributed by atoms with van der Waals surface area (Å²) in [5, 5.41) is 11.7. The number of hydrogen-bond donors (Lipinski definition) is 1. The maximum absolute atomic E-state index is 13.1. The Bertz CT molecular complexity index is 1230. The number of hydrogen-bond acceptors (Lipinski definition) is 6. The molecule has 3 aromatic rings. The summed E-state index contributed by atoms with van der Waals surface area (Å²) in [5.74, 6) is -0.909. The first-order chi connectivity index (χ1) is 15.9. The molecule has 1 aliphatic rings. The van der Waals surface area contributed by atoms with E-state index in [0.29, 0.717) is 27.6 Å². The quantitative estimate of drug-likeness (QED) is 0.331. The fourth-order valence-electron chi connectivity index (χ4n) is 3.86. The molecule has 0 spiro atoms. The fourth-order valence-corrected chi connectivity index (χ4v) is 3.98. The Morgan fingerprint density at radius 1 is 1.00 bits per heavy atom. The molecule has 4 rings (SSSR count). The minimum Gasteiger partial charge on any atom is -0.507 e. The van der Waals surface area contributed by atoms with Crippen molar-refractivity contribution in [3.8, 4) is 11.5 Å². The number of rotatable bonds is 6. The molecule has 1 fully saturated rings. The van der Waals surface area contributed by atoms with E-state index in [0.717, 1.165) is 5.56 Å². The third-order valence-electron chi connectivity index (χ3n) is 5.48. The van der Waals surface area contributed by atoms with E-state index in [1.165, 1.54) is 19.1 Å². The van der Waals surface area contributed by atoms with Crippen LogP contribution < -0.4 is 9.47 Å². The normalized spacial score (nSPS) is 17.3. The van der Waals surface area contributed by atoms with E-state index in [2.05, 4.69) is 4.98 Å². The first-order valence-electron chi connectivity index (χ1n) is 10.1. The average molecular weight is 465 g/mol. The Balaban J connectivity index is 1.86. The number of aromatic nitrogens is 1. The summed E-state index contributed by atoms with van der Waals surface area (Å²) >= 11 is 6.06. The maximum atomic E-state index is 13.1. The summed E-state index contributed by atoms with van der Waals surface area (Å²) in [5.41, 5.74) is 1.77. The molecule has 2 aromatic carbocycles. The molecule has 0 aliphatic carbocycles. The van der Waals surface area contributed by atoms with Crippen molar-refractivity contribution in [2.45, 2.75) is 12.6 Å². The number of ketones is 1. The Hall–Kier alpha value is -3.84. The number of nitrogens with zero attached hydrogens (tertiary/aromatic N) is 2. The van der Waals surface area contributed by atoms with Gasteiger partial charge in [-0.05, 0) is 53.6 Å². The zero-order valence-electron chi connectivity index (χ0n) is 18.0. The molecular formula is C25H21ClN2O5. The van der Waals surface area contributed by atoms with Gasteiger partial charge in [0.05, 0.1) is 25.8 Å². The highest BCUT2D eigenvalue weighted by Gasteiger charge is 2.46. The van der Waals surface area contributed by atoms with E-state index in [1.807, 2.05) is 0 Å². The molecule has 168 valence electrons. The predicted molar refractivity (Wildman–Crippen MR) is 123 cm³/mol. The molecule has 0 bridgehead atoms. The van der Waals surface area contributed by atoms with Crippen molar-refractivity contribution in [1.82, 2.24) is 9.88 Å². The molecule has 2 heterocycles. The molecule has 0 saturated carbocycles. The highest BCUT2D eigenvalue weighted by Crippen LogP contribution is 2.41. The van der Waals surface area contributed by atoms with Gasteiger partial charge in [0.2, 0.25) is 0 Å². The van der Waals surface area contributed by atoms with Crippen LogP contribution in [0.5, 0.6) is 11.5 Å². The van der Waals surface area contributed by atoms with Gasteiger partial charge in [-0.3, -0.25) is 14.6 Å². The molecule has 33 heavy (non-hydrogen) atoms. The predicted octanol–water partition coefficient (Wildman–Crippen LogP) is 4.37. The minimum atomic E-state index is -0.802. The standard InChI is InChI=1S/C25H21ClN2O5/c1-32-19-8-5-17(13-20(19)33-2)23(29)21-22(16-3-6-18(26)7-4-16)28(25(31)24(21)30)14-15-9-11-27-12-10-15/h3-13,22,29H,14H2,1-2H3/b23-21-. The highest BCUT2D eigenvalue weighted by molar-refractivity contribution is 6.46. The first kappa shape index (κ1) is 22.4. The highest BCUT2D eigenvalue weighted by atomic mass is 35.5. The third-order valence-corrected chi connectivity index (χ3v) is 5.74. The van der Waals surface area contributed by atoms with Crippen LogP contribution in [0, 0.1) is 0 Å². The van der Waals surface area contributed by atoms with Gasteiger partial charge in [0, 0.05) is 29.5 Å². The van der Waals surface area contributed by atoms with Crippen LogP contribution in [0.2, 0.25) is 5.02 Å². The Morgan fingerprint density at radius 3 is 2.30 bits per heavy atom. The van der Waals surface area contributed by atoms with E-state index in [1.54, 1.807) is 67.0 Å². The molecule has 7 nitrogen and oxygen atoms in total. The monoisotopic (exact) mass is 464 g/mol. The third kappa shape index (κ3) is 4.27. The minimum absolute atomic E-state index is 0.0106. The number of aliphatic hydroxyl groups excluding tert-OH is 1. The number of ether oxygens (including phenoxy) is 2. The Kier molecular flexibility index (Phi) is 6.33. The lowest BCUT2D eigenvalue weighted by Gasteiger charge is -2.25. The Labute approximate surface area is 195 Å². The fraction of sp³-hybridized carbons (Fsp3) is 0.160. The number of carbonyl (C=O) groups excluding carboxylic acids is 2. The number of Topliss-reactive ketones (excluding diaryl/α,β-unsaturated/α-hetero) is 1. The zero-order valence-corrected chi connectivity index (χ0v) is 18.7. The van der Waals surface area contributed by atoms with Crippen molar-refractivity contribution >= 4 is 29.1 Å². The second-order valence-corrected chi connectivity index (χ2v) is 7.84. The summed E-state index contributed by atoms with van der Waals surface area (Å²) in [4.78, 5) is 31.7. The summed E-state index contributed by atoms with van der Waals surface area (Å²) in [6.45, 7) is 0.170. The van der Waals surface area contributed by atoms with Crippen LogP contribution in [0.4, 0.5) is 0 Å². The number of benzene rings is 2. The number of aliphatic hydroxyl groups is 1. The van der Waals surface area contributed by atoms with Gasteiger partial charge in [-0.15, -0.1) is 0 Å². The molecular weight excluding hydrogens is 444 g/mol. The number of pyridine rings is 1. The summed E-state index contributed by atoms with van der Waals surface area (Å²) in [6, 6.07) is 14.4. The van der Waals surface area contributed by atoms with Gasteiger partial charge in [-0.1, -0.05) is 23.7 Å². The van der Waals surface area contributed by atoms with E-state index < -0.39 is 17.7 Å². The van der Waals surface area contributed by atoms with E-state index in [-0.39, 0.29) is 17.9 Å². The van der Waals surface area contributed by atoms with Crippen LogP contribution in [0.25, 0.3) is 5.76 Å². The van der Waals surface area contributed by atoms with Crippen molar-refractivity contribution < 1.29 is 24.2 Å². The average Bonchev–Trinajstić information content (AvgIpc) is 3.09. The molecule has 8 heteroatoms. The van der Waals surface area contributed by atoms with Crippen molar-refractivity contribution in [2.24, 2.45) is 0 Å². The molecule has 1 saturated heterocycles. The molecule has 0 radical (unpaired) electrons. The van der Waals surface area contributed by atoms with Crippen molar-refractivity contribution in [3.05, 3.63) is 94.3 Å². The first-order valence-corrected chi connectivity index (χ1v) is 10.5. The number of methoxy groups -OCH3 is 2. The van der Waals surface area contributed by atoms with E-state index in [4.69, 9.17) is 21.1 Å². The largest absolute Gasteiger partial charge is 0.507 e. The van der Waals surface area contributed by atoms with Crippen LogP contribution in [0.15, 0.2) is 72.6 Å². The van der Waals surface area contributed by atoms with Gasteiger partial charge < -0.3 is 19.5 Å². The lowest BCUT2D eigenvalue weighted by molar-refractivity contribution is -0.140. The summed E-state index contributed by atoms with van der Waals surface area (Å²) in [6.07, 6.45) is 3.24. The molecule has 1 aromatic heterocycles. The smallest absolute Gasteiger partial charge is 0.295 e. The maximum Gasteiger partial charge on any atom is 0.295 e. The van der Waals surface area contributed by atoms with Crippen LogP contribution in [0.3, 0.4) is 0 Å². The SMILES string of the molecule is COc1ccc(/C(O)=C2/C(=O)C(=O)N(Cc3ccncc3)C2c2ccc(Cl)cc2)cc1OC. The molecule has 1 unspecified atom stereocenters. The van der Waals surface area contributed by atoms with Crippen LogP contribution in [-0.4, -0.2) is 40.9 Å². The van der Waals surface area contributed by atoms with E-state index >= 15 is 0 Å². The van der Waals surface area contributed by atoms with E-state index in [9.17, 15) is 14.7 Å². The Morgan fingerprint density at radius 2 is 1.67 bits per heavy atom. The van der Waals surface area contributed by atoms with Gasteiger partial charge in [0.1, 0.15) is 5.76 Å².